The topological polar surface area (TPSA) is 71.5 Å². The lowest BCUT2D eigenvalue weighted by atomic mass is 10.1. The number of carbonyl (C=O) groups is 1. The molecule has 0 radical (unpaired) electrons. The van der Waals surface area contributed by atoms with Gasteiger partial charge in [-0.3, -0.25) is 9.78 Å². The molecule has 5 nitrogen and oxygen atoms in total. The van der Waals surface area contributed by atoms with Gasteiger partial charge in [0.15, 0.2) is 0 Å². The molecule has 0 spiro atoms. The van der Waals surface area contributed by atoms with Crippen molar-refractivity contribution in [3.05, 3.63) is 29.6 Å². The number of pyridine rings is 1. The quantitative estimate of drug-likeness (QED) is 0.579. The molecule has 2 N–H and O–H groups in total. The van der Waals surface area contributed by atoms with Crippen molar-refractivity contribution in [2.45, 2.75) is 19.3 Å². The van der Waals surface area contributed by atoms with Crippen molar-refractivity contribution in [3.63, 3.8) is 0 Å². The Bertz CT molecular complexity index is 530. The van der Waals surface area contributed by atoms with Crippen LogP contribution in [0.15, 0.2) is 18.5 Å². The first-order valence-electron chi connectivity index (χ1n) is 7.21. The SMILES string of the molecule is O=C(NCCCOCC1CC1)c1ccncc1C#CCO. The number of aliphatic hydroxyl groups excluding tert-OH is 1. The molecular weight excluding hydrogens is 268 g/mol. The van der Waals surface area contributed by atoms with Crippen LogP contribution in [0.4, 0.5) is 0 Å². The Morgan fingerprint density at radius 3 is 3.14 bits per heavy atom. The predicted molar refractivity (Wildman–Crippen MR) is 78.7 cm³/mol. The largest absolute Gasteiger partial charge is 0.384 e. The van der Waals surface area contributed by atoms with Crippen LogP contribution in [0.25, 0.3) is 0 Å². The second kappa shape index (κ2) is 8.40. The maximum atomic E-state index is 12.1. The van der Waals surface area contributed by atoms with Crippen molar-refractivity contribution in [2.75, 3.05) is 26.4 Å². The minimum atomic E-state index is -0.242. The molecule has 0 unspecified atom stereocenters. The molecule has 1 amide bonds. The normalized spacial score (nSPS) is 13.4. The zero-order valence-corrected chi connectivity index (χ0v) is 12.0. The molecule has 21 heavy (non-hydrogen) atoms. The molecule has 2 rings (SSSR count). The number of carbonyl (C=O) groups excluding carboxylic acids is 1. The fourth-order valence-electron chi connectivity index (χ4n) is 1.83. The van der Waals surface area contributed by atoms with E-state index in [1.165, 1.54) is 19.0 Å². The van der Waals surface area contributed by atoms with Gasteiger partial charge in [-0.2, -0.15) is 0 Å². The molecule has 1 aromatic heterocycles. The maximum Gasteiger partial charge on any atom is 0.252 e. The third kappa shape index (κ3) is 5.54. The van der Waals surface area contributed by atoms with E-state index in [0.29, 0.717) is 24.3 Å². The average Bonchev–Trinajstić information content (AvgIpc) is 3.33. The van der Waals surface area contributed by atoms with Crippen LogP contribution in [0.1, 0.15) is 35.2 Å². The number of nitrogens with one attached hydrogen (secondary N) is 1. The van der Waals surface area contributed by atoms with E-state index in [0.717, 1.165) is 18.9 Å². The second-order valence-electron chi connectivity index (χ2n) is 5.01. The van der Waals surface area contributed by atoms with Crippen LogP contribution in [0.3, 0.4) is 0 Å². The highest BCUT2D eigenvalue weighted by Gasteiger charge is 2.20. The molecule has 1 saturated carbocycles. The Hall–Kier alpha value is -1.90. The third-order valence-corrected chi connectivity index (χ3v) is 3.17. The summed E-state index contributed by atoms with van der Waals surface area (Å²) in [6.07, 6.45) is 6.45. The fourth-order valence-corrected chi connectivity index (χ4v) is 1.83. The summed E-state index contributed by atoms with van der Waals surface area (Å²) < 4.78 is 5.51. The van der Waals surface area contributed by atoms with Gasteiger partial charge < -0.3 is 15.2 Å². The van der Waals surface area contributed by atoms with Gasteiger partial charge in [-0.05, 0) is 31.2 Å². The summed E-state index contributed by atoms with van der Waals surface area (Å²) >= 11 is 0. The number of hydrogen-bond donors (Lipinski definition) is 2. The van der Waals surface area contributed by atoms with Crippen LogP contribution in [0.5, 0.6) is 0 Å². The van der Waals surface area contributed by atoms with Crippen molar-refractivity contribution in [3.8, 4) is 11.8 Å². The molecule has 0 saturated heterocycles. The van der Waals surface area contributed by atoms with Gasteiger partial charge in [-0.1, -0.05) is 11.8 Å². The molecule has 0 aliphatic heterocycles. The van der Waals surface area contributed by atoms with Gasteiger partial charge in [0.25, 0.3) is 5.91 Å². The molecule has 1 heterocycles. The minimum absolute atomic E-state index is 0.179. The van der Waals surface area contributed by atoms with Gasteiger partial charge in [0, 0.05) is 32.2 Å². The Kier molecular flexibility index (Phi) is 6.20. The van der Waals surface area contributed by atoms with E-state index >= 15 is 0 Å². The molecule has 0 aromatic carbocycles. The maximum absolute atomic E-state index is 12.1. The van der Waals surface area contributed by atoms with E-state index in [1.54, 1.807) is 12.3 Å². The third-order valence-electron chi connectivity index (χ3n) is 3.17. The summed E-state index contributed by atoms with van der Waals surface area (Å²) in [4.78, 5) is 16.0. The molecule has 112 valence electrons. The zero-order chi connectivity index (χ0) is 14.9. The highest BCUT2D eigenvalue weighted by molar-refractivity contribution is 5.96. The van der Waals surface area contributed by atoms with Gasteiger partial charge in [-0.15, -0.1) is 0 Å². The number of aliphatic hydroxyl groups is 1. The molecular formula is C16H20N2O3. The van der Waals surface area contributed by atoms with Crippen LogP contribution in [0.2, 0.25) is 0 Å². The van der Waals surface area contributed by atoms with Crippen molar-refractivity contribution < 1.29 is 14.6 Å². The first-order chi connectivity index (χ1) is 10.3. The Morgan fingerprint density at radius 1 is 1.52 bits per heavy atom. The lowest BCUT2D eigenvalue weighted by Crippen LogP contribution is -2.26. The van der Waals surface area contributed by atoms with Gasteiger partial charge in [0.05, 0.1) is 11.1 Å². The number of amides is 1. The van der Waals surface area contributed by atoms with Crippen molar-refractivity contribution in [1.82, 2.24) is 10.3 Å². The number of rotatable bonds is 7. The van der Waals surface area contributed by atoms with Crippen LogP contribution in [0, 0.1) is 17.8 Å². The summed E-state index contributed by atoms with van der Waals surface area (Å²) in [6, 6.07) is 1.63. The second-order valence-corrected chi connectivity index (χ2v) is 5.01. The molecule has 1 aliphatic rings. The van der Waals surface area contributed by atoms with Crippen molar-refractivity contribution >= 4 is 5.91 Å². The number of ether oxygens (including phenoxy) is 1. The fraction of sp³-hybridized carbons (Fsp3) is 0.500. The van der Waals surface area contributed by atoms with E-state index in [2.05, 4.69) is 22.1 Å². The lowest BCUT2D eigenvalue weighted by molar-refractivity contribution is 0.0937. The predicted octanol–water partition coefficient (Wildman–Crippen LogP) is 0.972. The summed E-state index contributed by atoms with van der Waals surface area (Å²) in [7, 11) is 0. The van der Waals surface area contributed by atoms with E-state index in [-0.39, 0.29) is 12.5 Å². The van der Waals surface area contributed by atoms with Crippen LogP contribution >= 0.6 is 0 Å². The number of nitrogens with zero attached hydrogens (tertiary/aromatic N) is 1. The lowest BCUT2D eigenvalue weighted by Gasteiger charge is -2.07. The van der Waals surface area contributed by atoms with Crippen LogP contribution < -0.4 is 5.32 Å². The first-order valence-corrected chi connectivity index (χ1v) is 7.21. The Balaban J connectivity index is 1.74. The van der Waals surface area contributed by atoms with Crippen LogP contribution in [-0.4, -0.2) is 42.4 Å². The number of aromatic nitrogens is 1. The summed E-state index contributed by atoms with van der Waals surface area (Å²) in [5, 5.41) is 11.6. The van der Waals surface area contributed by atoms with Gasteiger partial charge in [-0.25, -0.2) is 0 Å². The zero-order valence-electron chi connectivity index (χ0n) is 12.0. The monoisotopic (exact) mass is 288 g/mol. The summed E-state index contributed by atoms with van der Waals surface area (Å²) in [5.41, 5.74) is 0.999. The van der Waals surface area contributed by atoms with E-state index in [1.807, 2.05) is 0 Å². The van der Waals surface area contributed by atoms with Gasteiger partial charge in [0.2, 0.25) is 0 Å². The van der Waals surface area contributed by atoms with Crippen molar-refractivity contribution in [1.29, 1.82) is 0 Å². The van der Waals surface area contributed by atoms with Crippen LogP contribution in [-0.2, 0) is 4.74 Å². The number of hydrogen-bond acceptors (Lipinski definition) is 4. The smallest absolute Gasteiger partial charge is 0.252 e. The molecule has 5 heteroatoms. The summed E-state index contributed by atoms with van der Waals surface area (Å²) in [6.45, 7) is 1.84. The first kappa shape index (κ1) is 15.5. The molecule has 0 bridgehead atoms. The molecule has 1 aliphatic carbocycles. The Labute approximate surface area is 124 Å². The molecule has 0 atom stereocenters. The standard InChI is InChI=1S/C16H20N2O3/c19-9-1-3-14-11-17-8-6-15(14)16(20)18-7-2-10-21-12-13-4-5-13/h6,8,11,13,19H,2,4-5,7,9-10,12H2,(H,18,20). The van der Waals surface area contributed by atoms with Gasteiger partial charge >= 0.3 is 0 Å². The van der Waals surface area contributed by atoms with Gasteiger partial charge in [0.1, 0.15) is 6.61 Å². The summed E-state index contributed by atoms with van der Waals surface area (Å²) in [5.74, 6) is 5.84. The van der Waals surface area contributed by atoms with E-state index in [9.17, 15) is 4.79 Å². The van der Waals surface area contributed by atoms with E-state index < -0.39 is 0 Å². The average molecular weight is 288 g/mol. The highest BCUT2D eigenvalue weighted by Crippen LogP contribution is 2.28. The molecule has 1 fully saturated rings. The molecule has 1 aromatic rings. The van der Waals surface area contributed by atoms with Crippen molar-refractivity contribution in [2.24, 2.45) is 5.92 Å². The van der Waals surface area contributed by atoms with E-state index in [4.69, 9.17) is 9.84 Å². The Morgan fingerprint density at radius 2 is 2.38 bits per heavy atom. The minimum Gasteiger partial charge on any atom is -0.384 e. The highest BCUT2D eigenvalue weighted by atomic mass is 16.5.